The van der Waals surface area contributed by atoms with Crippen molar-refractivity contribution in [2.45, 2.75) is 13.3 Å². The van der Waals surface area contributed by atoms with Gasteiger partial charge in [0.05, 0.1) is 5.69 Å². The lowest BCUT2D eigenvalue weighted by atomic mass is 10.1. The second kappa shape index (κ2) is 6.70. The lowest BCUT2D eigenvalue weighted by Crippen LogP contribution is -1.94. The van der Waals surface area contributed by atoms with Crippen LogP contribution in [0.2, 0.25) is 0 Å². The predicted molar refractivity (Wildman–Crippen MR) is 107 cm³/mol. The summed E-state index contributed by atoms with van der Waals surface area (Å²) in [6, 6.07) is 10.5. The fourth-order valence-electron chi connectivity index (χ4n) is 2.99. The van der Waals surface area contributed by atoms with Gasteiger partial charge in [-0.1, -0.05) is 6.08 Å². The van der Waals surface area contributed by atoms with Crippen molar-refractivity contribution in [3.8, 4) is 0 Å². The molecule has 5 heteroatoms. The molecule has 0 saturated heterocycles. The lowest BCUT2D eigenvalue weighted by Gasteiger charge is -2.11. The molecular formula is C20H19N3OS. The molecule has 4 nitrogen and oxygen atoms in total. The minimum absolute atomic E-state index is 0.174. The highest BCUT2D eigenvalue weighted by Gasteiger charge is 2.09. The molecule has 0 radical (unpaired) electrons. The second-order valence-electron chi connectivity index (χ2n) is 5.94. The van der Waals surface area contributed by atoms with Gasteiger partial charge in [0.1, 0.15) is 4.83 Å². The summed E-state index contributed by atoms with van der Waals surface area (Å²) in [5.74, 6) is 0. The standard InChI is InChI=1S/C20H19N3OS/c1-13-15-7-9-21-18(15)6-5-17(13)23-19-8-10-22-20-16(19)12-14(25-20)4-2-3-11-24/h2,4-10,12,21,24H,3,11H2,1H3,(H,22,23). The fraction of sp³-hybridized carbons (Fsp3) is 0.150. The number of hydrogen-bond acceptors (Lipinski definition) is 4. The predicted octanol–water partition coefficient (Wildman–Crippen LogP) is 5.23. The highest BCUT2D eigenvalue weighted by atomic mass is 32.1. The number of thiophene rings is 1. The first-order valence-corrected chi connectivity index (χ1v) is 9.07. The molecule has 0 spiro atoms. The van der Waals surface area contributed by atoms with Gasteiger partial charge in [-0.15, -0.1) is 11.3 Å². The first-order chi connectivity index (χ1) is 12.3. The molecule has 0 unspecified atom stereocenters. The summed E-state index contributed by atoms with van der Waals surface area (Å²) in [6.07, 6.45) is 8.51. The van der Waals surface area contributed by atoms with Crippen LogP contribution in [0.3, 0.4) is 0 Å². The number of nitrogens with zero attached hydrogens (tertiary/aromatic N) is 1. The number of hydrogen-bond donors (Lipinski definition) is 3. The third-order valence-electron chi connectivity index (χ3n) is 4.31. The molecule has 3 N–H and O–H groups in total. The van der Waals surface area contributed by atoms with Gasteiger partial charge < -0.3 is 15.4 Å². The summed E-state index contributed by atoms with van der Waals surface area (Å²) in [5, 5.41) is 14.8. The van der Waals surface area contributed by atoms with Crippen LogP contribution in [-0.2, 0) is 0 Å². The summed E-state index contributed by atoms with van der Waals surface area (Å²) >= 11 is 1.66. The quantitative estimate of drug-likeness (QED) is 0.462. The number of anilines is 2. The monoisotopic (exact) mass is 349 g/mol. The zero-order chi connectivity index (χ0) is 17.2. The van der Waals surface area contributed by atoms with Crippen LogP contribution >= 0.6 is 11.3 Å². The van der Waals surface area contributed by atoms with Crippen molar-refractivity contribution in [1.82, 2.24) is 9.97 Å². The van der Waals surface area contributed by atoms with Gasteiger partial charge in [0.25, 0.3) is 0 Å². The highest BCUT2D eigenvalue weighted by molar-refractivity contribution is 7.19. The number of pyridine rings is 1. The van der Waals surface area contributed by atoms with Gasteiger partial charge in [-0.3, -0.25) is 0 Å². The van der Waals surface area contributed by atoms with E-state index in [2.05, 4.69) is 46.5 Å². The molecule has 0 atom stereocenters. The maximum Gasteiger partial charge on any atom is 0.125 e. The third kappa shape index (κ3) is 3.04. The average Bonchev–Trinajstić information content (AvgIpc) is 3.25. The fourth-order valence-corrected chi connectivity index (χ4v) is 3.94. The topological polar surface area (TPSA) is 60.9 Å². The van der Waals surface area contributed by atoms with Crippen molar-refractivity contribution in [1.29, 1.82) is 0 Å². The number of aromatic amines is 1. The van der Waals surface area contributed by atoms with Gasteiger partial charge in [-0.25, -0.2) is 4.98 Å². The van der Waals surface area contributed by atoms with Crippen LogP contribution in [0.5, 0.6) is 0 Å². The number of aliphatic hydroxyl groups is 1. The van der Waals surface area contributed by atoms with Crippen LogP contribution in [-0.4, -0.2) is 21.7 Å². The van der Waals surface area contributed by atoms with E-state index in [0.717, 1.165) is 32.0 Å². The van der Waals surface area contributed by atoms with Crippen molar-refractivity contribution in [2.24, 2.45) is 0 Å². The molecule has 0 amide bonds. The van der Waals surface area contributed by atoms with Crippen LogP contribution in [0.1, 0.15) is 16.9 Å². The molecule has 4 aromatic rings. The third-order valence-corrected chi connectivity index (χ3v) is 5.31. The van der Waals surface area contributed by atoms with Crippen LogP contribution in [0.15, 0.2) is 48.8 Å². The van der Waals surface area contributed by atoms with Gasteiger partial charge in [0.2, 0.25) is 0 Å². The Labute approximate surface area is 149 Å². The number of nitrogens with one attached hydrogen (secondary N) is 2. The molecule has 0 aliphatic carbocycles. The Kier molecular flexibility index (Phi) is 4.26. The van der Waals surface area contributed by atoms with Crippen LogP contribution in [0.25, 0.3) is 27.2 Å². The SMILES string of the molecule is Cc1c(Nc2ccnc3sc(C=CCCO)cc23)ccc2[nH]ccc12. The van der Waals surface area contributed by atoms with E-state index in [4.69, 9.17) is 5.11 Å². The van der Waals surface area contributed by atoms with E-state index in [-0.39, 0.29) is 6.61 Å². The minimum atomic E-state index is 0.174. The Morgan fingerprint density at radius 1 is 1.20 bits per heavy atom. The van der Waals surface area contributed by atoms with Gasteiger partial charge in [-0.2, -0.15) is 0 Å². The normalized spacial score (nSPS) is 11.8. The molecule has 25 heavy (non-hydrogen) atoms. The Hall–Kier alpha value is -2.63. The lowest BCUT2D eigenvalue weighted by molar-refractivity contribution is 0.303. The molecule has 0 aliphatic heterocycles. The Bertz CT molecular complexity index is 1060. The van der Waals surface area contributed by atoms with E-state index in [1.165, 1.54) is 10.9 Å². The summed E-state index contributed by atoms with van der Waals surface area (Å²) in [4.78, 5) is 9.88. The summed E-state index contributed by atoms with van der Waals surface area (Å²) in [7, 11) is 0. The Morgan fingerprint density at radius 3 is 3.00 bits per heavy atom. The molecule has 0 saturated carbocycles. The van der Waals surface area contributed by atoms with Crippen molar-refractivity contribution in [3.63, 3.8) is 0 Å². The molecule has 126 valence electrons. The van der Waals surface area contributed by atoms with E-state index in [1.807, 2.05) is 30.6 Å². The number of benzene rings is 1. The summed E-state index contributed by atoms with van der Waals surface area (Å²) in [6.45, 7) is 2.31. The maximum atomic E-state index is 8.91. The smallest absolute Gasteiger partial charge is 0.125 e. The molecule has 4 rings (SSSR count). The molecule has 0 fully saturated rings. The number of rotatable bonds is 5. The van der Waals surface area contributed by atoms with Crippen molar-refractivity contribution >= 4 is 49.9 Å². The minimum Gasteiger partial charge on any atom is -0.396 e. The van der Waals surface area contributed by atoms with Gasteiger partial charge in [0.15, 0.2) is 0 Å². The first kappa shape index (κ1) is 15.9. The van der Waals surface area contributed by atoms with Gasteiger partial charge in [0, 0.05) is 45.9 Å². The van der Waals surface area contributed by atoms with Crippen LogP contribution in [0, 0.1) is 6.92 Å². The molecule has 1 aromatic carbocycles. The van der Waals surface area contributed by atoms with E-state index >= 15 is 0 Å². The zero-order valence-electron chi connectivity index (χ0n) is 13.9. The highest BCUT2D eigenvalue weighted by Crippen LogP contribution is 2.34. The van der Waals surface area contributed by atoms with Gasteiger partial charge >= 0.3 is 0 Å². The van der Waals surface area contributed by atoms with Crippen molar-refractivity contribution in [2.75, 3.05) is 11.9 Å². The molecule has 0 bridgehead atoms. The van der Waals surface area contributed by atoms with Crippen molar-refractivity contribution < 1.29 is 5.11 Å². The molecular weight excluding hydrogens is 330 g/mol. The molecule has 3 aromatic heterocycles. The number of aromatic nitrogens is 2. The molecule has 3 heterocycles. The Balaban J connectivity index is 1.71. The van der Waals surface area contributed by atoms with E-state index in [0.29, 0.717) is 6.42 Å². The van der Waals surface area contributed by atoms with E-state index in [1.54, 1.807) is 11.3 Å². The Morgan fingerprint density at radius 2 is 2.12 bits per heavy atom. The molecule has 0 aliphatic rings. The number of fused-ring (bicyclic) bond motifs is 2. The zero-order valence-corrected chi connectivity index (χ0v) is 14.7. The summed E-state index contributed by atoms with van der Waals surface area (Å²) < 4.78 is 0. The van der Waals surface area contributed by atoms with Gasteiger partial charge in [-0.05, 0) is 55.3 Å². The average molecular weight is 349 g/mol. The first-order valence-electron chi connectivity index (χ1n) is 8.26. The second-order valence-corrected chi connectivity index (χ2v) is 7.01. The maximum absolute atomic E-state index is 8.91. The van der Waals surface area contributed by atoms with Crippen LogP contribution in [0.4, 0.5) is 11.4 Å². The number of H-pyrrole nitrogens is 1. The van der Waals surface area contributed by atoms with E-state index in [9.17, 15) is 0 Å². The number of aliphatic hydroxyl groups excluding tert-OH is 1. The largest absolute Gasteiger partial charge is 0.396 e. The van der Waals surface area contributed by atoms with E-state index < -0.39 is 0 Å². The summed E-state index contributed by atoms with van der Waals surface area (Å²) in [5.41, 5.74) is 4.53. The van der Waals surface area contributed by atoms with Crippen molar-refractivity contribution in [3.05, 3.63) is 59.2 Å². The number of aryl methyl sites for hydroxylation is 1. The van der Waals surface area contributed by atoms with Crippen LogP contribution < -0.4 is 5.32 Å².